The predicted octanol–water partition coefficient (Wildman–Crippen LogP) is 0.593. The molecule has 1 aliphatic carbocycles. The molecule has 0 atom stereocenters. The summed E-state index contributed by atoms with van der Waals surface area (Å²) < 4.78 is 6.79. The number of carboxylic acids is 1. The third kappa shape index (κ3) is 1.85. The van der Waals surface area contributed by atoms with Crippen LogP contribution >= 0.6 is 0 Å². The Balaban J connectivity index is 1.94. The number of aromatic nitrogens is 5. The molecule has 0 amide bonds. The first-order chi connectivity index (χ1) is 8.65. The van der Waals surface area contributed by atoms with E-state index in [1.807, 2.05) is 0 Å². The Morgan fingerprint density at radius 2 is 2.22 bits per heavy atom. The lowest BCUT2D eigenvalue weighted by Crippen LogP contribution is -2.08. The molecule has 0 spiro atoms. The van der Waals surface area contributed by atoms with E-state index in [2.05, 4.69) is 20.5 Å². The van der Waals surface area contributed by atoms with Crippen molar-refractivity contribution in [2.75, 3.05) is 0 Å². The van der Waals surface area contributed by atoms with Gasteiger partial charge in [0.1, 0.15) is 6.54 Å². The minimum Gasteiger partial charge on any atom is -0.476 e. The molecule has 1 aliphatic rings. The molecule has 0 unspecified atom stereocenters. The molecule has 0 aliphatic heterocycles. The van der Waals surface area contributed by atoms with Crippen molar-refractivity contribution in [3.8, 4) is 0 Å². The molecule has 1 N–H and O–H groups in total. The Hall–Kier alpha value is -2.25. The van der Waals surface area contributed by atoms with Crippen LogP contribution in [0.4, 0.5) is 0 Å². The minimum absolute atomic E-state index is 0.0220. The number of aromatic carboxylic acids is 1. The van der Waals surface area contributed by atoms with E-state index in [1.165, 1.54) is 4.68 Å². The van der Waals surface area contributed by atoms with Crippen molar-refractivity contribution in [2.24, 2.45) is 0 Å². The molecule has 0 bridgehead atoms. The summed E-state index contributed by atoms with van der Waals surface area (Å²) in [6.45, 7) is 1.95. The van der Waals surface area contributed by atoms with Crippen LogP contribution in [0.5, 0.6) is 0 Å². The van der Waals surface area contributed by atoms with Gasteiger partial charge in [0.2, 0.25) is 11.8 Å². The van der Waals surface area contributed by atoms with Crippen LogP contribution in [0.1, 0.15) is 46.7 Å². The second-order valence-corrected chi connectivity index (χ2v) is 4.28. The highest BCUT2D eigenvalue weighted by Gasteiger charge is 2.34. The zero-order valence-corrected chi connectivity index (χ0v) is 9.70. The van der Waals surface area contributed by atoms with E-state index >= 15 is 0 Å². The number of aryl methyl sites for hydroxylation is 1. The first kappa shape index (κ1) is 10.9. The van der Waals surface area contributed by atoms with Crippen LogP contribution < -0.4 is 0 Å². The molecule has 1 saturated carbocycles. The molecule has 0 radical (unpaired) electrons. The summed E-state index contributed by atoms with van der Waals surface area (Å²) in [5, 5.41) is 24.2. The van der Waals surface area contributed by atoms with Crippen molar-refractivity contribution in [3.63, 3.8) is 0 Å². The smallest absolute Gasteiger partial charge is 0.358 e. The van der Waals surface area contributed by atoms with Crippen molar-refractivity contribution in [3.05, 3.63) is 23.2 Å². The highest BCUT2D eigenvalue weighted by atomic mass is 16.4. The monoisotopic (exact) mass is 249 g/mol. The maximum atomic E-state index is 11.1. The Morgan fingerprint density at radius 1 is 1.44 bits per heavy atom. The van der Waals surface area contributed by atoms with Crippen LogP contribution in [-0.4, -0.2) is 36.3 Å². The lowest BCUT2D eigenvalue weighted by molar-refractivity contribution is 0.0689. The van der Waals surface area contributed by atoms with E-state index in [9.17, 15) is 4.79 Å². The van der Waals surface area contributed by atoms with Crippen molar-refractivity contribution in [1.82, 2.24) is 25.2 Å². The number of hydrogen-bond acceptors (Lipinski definition) is 6. The fraction of sp³-hybridized carbons (Fsp3) is 0.500. The number of nitrogens with zero attached hydrogens (tertiary/aromatic N) is 5. The van der Waals surface area contributed by atoms with Crippen LogP contribution in [0, 0.1) is 6.92 Å². The fourth-order valence-electron chi connectivity index (χ4n) is 1.88. The van der Waals surface area contributed by atoms with Gasteiger partial charge in [0.05, 0.1) is 5.69 Å². The SMILES string of the molecule is Cc1nnc(Cn2nnc(C(=O)O)c2C2CC2)o1. The van der Waals surface area contributed by atoms with Gasteiger partial charge in [-0.3, -0.25) is 0 Å². The molecule has 8 nitrogen and oxygen atoms in total. The van der Waals surface area contributed by atoms with Crippen molar-refractivity contribution in [1.29, 1.82) is 0 Å². The lowest BCUT2D eigenvalue weighted by Gasteiger charge is -2.02. The Labute approximate surface area is 102 Å². The first-order valence-corrected chi connectivity index (χ1v) is 5.61. The molecular formula is C10H11N5O3. The lowest BCUT2D eigenvalue weighted by atomic mass is 10.2. The molecule has 18 heavy (non-hydrogen) atoms. The molecule has 1 fully saturated rings. The number of carbonyl (C=O) groups is 1. The van der Waals surface area contributed by atoms with E-state index in [-0.39, 0.29) is 18.2 Å². The third-order valence-corrected chi connectivity index (χ3v) is 2.79. The summed E-state index contributed by atoms with van der Waals surface area (Å²) >= 11 is 0. The highest BCUT2D eigenvalue weighted by Crippen LogP contribution is 2.41. The van der Waals surface area contributed by atoms with E-state index in [0.717, 1.165) is 12.8 Å². The van der Waals surface area contributed by atoms with E-state index < -0.39 is 5.97 Å². The van der Waals surface area contributed by atoms with Gasteiger partial charge < -0.3 is 9.52 Å². The third-order valence-electron chi connectivity index (χ3n) is 2.79. The van der Waals surface area contributed by atoms with Crippen LogP contribution in [-0.2, 0) is 6.54 Å². The summed E-state index contributed by atoms with van der Waals surface area (Å²) in [7, 11) is 0. The second kappa shape index (κ2) is 3.90. The Morgan fingerprint density at radius 3 is 2.78 bits per heavy atom. The van der Waals surface area contributed by atoms with Gasteiger partial charge in [0.25, 0.3) is 0 Å². The van der Waals surface area contributed by atoms with Crippen molar-refractivity contribution >= 4 is 5.97 Å². The summed E-state index contributed by atoms with van der Waals surface area (Å²) in [6.07, 6.45) is 1.94. The predicted molar refractivity (Wildman–Crippen MR) is 57.1 cm³/mol. The minimum atomic E-state index is -1.05. The summed E-state index contributed by atoms with van der Waals surface area (Å²) in [4.78, 5) is 11.1. The zero-order chi connectivity index (χ0) is 12.7. The summed E-state index contributed by atoms with van der Waals surface area (Å²) in [5.41, 5.74) is 0.673. The molecule has 2 aromatic rings. The Bertz CT molecular complexity index is 598. The van der Waals surface area contributed by atoms with Gasteiger partial charge in [-0.2, -0.15) is 0 Å². The van der Waals surface area contributed by atoms with Crippen LogP contribution in [0.3, 0.4) is 0 Å². The maximum absolute atomic E-state index is 11.1. The van der Waals surface area contributed by atoms with Gasteiger partial charge >= 0.3 is 5.97 Å². The molecule has 2 aromatic heterocycles. The van der Waals surface area contributed by atoms with E-state index in [4.69, 9.17) is 9.52 Å². The van der Waals surface area contributed by atoms with Crippen LogP contribution in [0.25, 0.3) is 0 Å². The molecule has 8 heteroatoms. The van der Waals surface area contributed by atoms with Gasteiger partial charge in [-0.05, 0) is 12.8 Å². The highest BCUT2D eigenvalue weighted by molar-refractivity contribution is 5.86. The van der Waals surface area contributed by atoms with Crippen LogP contribution in [0.15, 0.2) is 4.42 Å². The molecule has 0 saturated heterocycles. The summed E-state index contributed by atoms with van der Waals surface area (Å²) in [6, 6.07) is 0. The maximum Gasteiger partial charge on any atom is 0.358 e. The van der Waals surface area contributed by atoms with Gasteiger partial charge in [0, 0.05) is 12.8 Å². The van der Waals surface area contributed by atoms with Crippen LogP contribution in [0.2, 0.25) is 0 Å². The zero-order valence-electron chi connectivity index (χ0n) is 9.70. The summed E-state index contributed by atoms with van der Waals surface area (Å²) in [5.74, 6) is 0.0489. The van der Waals surface area contributed by atoms with Crippen molar-refractivity contribution < 1.29 is 14.3 Å². The second-order valence-electron chi connectivity index (χ2n) is 4.28. The van der Waals surface area contributed by atoms with Gasteiger partial charge in [-0.25, -0.2) is 9.48 Å². The topological polar surface area (TPSA) is 107 Å². The first-order valence-electron chi connectivity index (χ1n) is 5.61. The molecular weight excluding hydrogens is 238 g/mol. The number of carboxylic acid groups (broad SMARTS) is 1. The normalized spacial score (nSPS) is 14.9. The average Bonchev–Trinajstić information content (AvgIpc) is 2.94. The van der Waals surface area contributed by atoms with E-state index in [0.29, 0.717) is 17.5 Å². The average molecular weight is 249 g/mol. The van der Waals surface area contributed by atoms with Gasteiger partial charge in [-0.1, -0.05) is 5.21 Å². The molecule has 94 valence electrons. The van der Waals surface area contributed by atoms with Gasteiger partial charge in [0.15, 0.2) is 5.69 Å². The standard InChI is InChI=1S/C10H11N5O3/c1-5-11-12-7(18-5)4-15-9(6-2-3-6)8(10(16)17)13-14-15/h6H,2-4H2,1H3,(H,16,17). The van der Waals surface area contributed by atoms with Gasteiger partial charge in [-0.15, -0.1) is 15.3 Å². The van der Waals surface area contributed by atoms with Crippen molar-refractivity contribution in [2.45, 2.75) is 32.2 Å². The quantitative estimate of drug-likeness (QED) is 0.844. The number of hydrogen-bond donors (Lipinski definition) is 1. The largest absolute Gasteiger partial charge is 0.476 e. The molecule has 3 rings (SSSR count). The fourth-order valence-corrected chi connectivity index (χ4v) is 1.88. The van der Waals surface area contributed by atoms with E-state index in [1.54, 1.807) is 6.92 Å². The number of rotatable bonds is 4. The molecule has 0 aromatic carbocycles. The molecule has 2 heterocycles. The Kier molecular flexibility index (Phi) is 2.35.